The molecule has 2 heterocycles. The van der Waals surface area contributed by atoms with Gasteiger partial charge >= 0.3 is 0 Å². The zero-order valence-corrected chi connectivity index (χ0v) is 12.8. The summed E-state index contributed by atoms with van der Waals surface area (Å²) in [5.74, 6) is -0.418. The van der Waals surface area contributed by atoms with Gasteiger partial charge in [0.25, 0.3) is 6.43 Å². The van der Waals surface area contributed by atoms with Gasteiger partial charge in [0.15, 0.2) is 0 Å². The Morgan fingerprint density at radius 1 is 1.52 bits per heavy atom. The van der Waals surface area contributed by atoms with Crippen molar-refractivity contribution in [3.63, 3.8) is 0 Å². The molecule has 1 aliphatic heterocycles. The largest absolute Gasteiger partial charge is 0.490 e. The van der Waals surface area contributed by atoms with Gasteiger partial charge in [-0.2, -0.15) is 5.26 Å². The summed E-state index contributed by atoms with van der Waals surface area (Å²) in [6, 6.07) is 1.99. The highest BCUT2D eigenvalue weighted by molar-refractivity contribution is 5.83. The SMILES string of the molecule is CC(C(=O)N1CCOc2c(C#N)cncc2C1)(C(F)F)C1CC1. The number of aromatic nitrogens is 1. The van der Waals surface area contributed by atoms with E-state index < -0.39 is 17.7 Å². The third-order valence-electron chi connectivity index (χ3n) is 4.69. The van der Waals surface area contributed by atoms with Gasteiger partial charge in [0.05, 0.1) is 13.1 Å². The Morgan fingerprint density at radius 3 is 2.87 bits per heavy atom. The molecule has 1 atom stereocenters. The number of hydrogen-bond donors (Lipinski definition) is 0. The molecule has 2 aliphatic rings. The smallest absolute Gasteiger partial charge is 0.252 e. The molecule has 1 fully saturated rings. The Balaban J connectivity index is 1.89. The number of nitrogens with zero attached hydrogens (tertiary/aromatic N) is 3. The molecular weight excluding hydrogens is 304 g/mol. The van der Waals surface area contributed by atoms with Crippen molar-refractivity contribution in [2.24, 2.45) is 11.3 Å². The molecule has 0 saturated heterocycles. The molecular formula is C16H17F2N3O2. The summed E-state index contributed by atoms with van der Waals surface area (Å²) in [4.78, 5) is 18.1. The van der Waals surface area contributed by atoms with Crippen LogP contribution < -0.4 is 4.74 Å². The monoisotopic (exact) mass is 321 g/mol. The first-order valence-corrected chi connectivity index (χ1v) is 7.55. The number of amides is 1. The molecule has 7 heteroatoms. The highest BCUT2D eigenvalue weighted by Gasteiger charge is 2.55. The second-order valence-electron chi connectivity index (χ2n) is 6.22. The van der Waals surface area contributed by atoms with Crippen molar-refractivity contribution >= 4 is 5.91 Å². The maximum Gasteiger partial charge on any atom is 0.252 e. The fraction of sp³-hybridized carbons (Fsp3) is 0.562. The molecule has 1 aromatic rings. The number of nitriles is 1. The number of carbonyl (C=O) groups excluding carboxylic acids is 1. The average molecular weight is 321 g/mol. The lowest BCUT2D eigenvalue weighted by molar-refractivity contribution is -0.153. The van der Waals surface area contributed by atoms with Crippen LogP contribution in [0.4, 0.5) is 8.78 Å². The van der Waals surface area contributed by atoms with Crippen LogP contribution >= 0.6 is 0 Å². The quantitative estimate of drug-likeness (QED) is 0.857. The van der Waals surface area contributed by atoms with E-state index in [2.05, 4.69) is 4.98 Å². The van der Waals surface area contributed by atoms with Crippen LogP contribution in [0.3, 0.4) is 0 Å². The van der Waals surface area contributed by atoms with Gasteiger partial charge in [0, 0.05) is 18.0 Å². The zero-order chi connectivity index (χ0) is 16.6. The Bertz CT molecular complexity index is 666. The highest BCUT2D eigenvalue weighted by Crippen LogP contribution is 2.50. The summed E-state index contributed by atoms with van der Waals surface area (Å²) in [7, 11) is 0. The van der Waals surface area contributed by atoms with Gasteiger partial charge in [-0.25, -0.2) is 8.78 Å². The van der Waals surface area contributed by atoms with Crippen molar-refractivity contribution in [3.05, 3.63) is 23.5 Å². The van der Waals surface area contributed by atoms with Crippen LogP contribution in [0.5, 0.6) is 5.75 Å². The fourth-order valence-electron chi connectivity index (χ4n) is 3.04. The topological polar surface area (TPSA) is 66.2 Å². The first-order chi connectivity index (χ1) is 11.0. The van der Waals surface area contributed by atoms with Gasteiger partial charge in [-0.1, -0.05) is 0 Å². The van der Waals surface area contributed by atoms with Crippen LogP contribution in [0.1, 0.15) is 30.9 Å². The zero-order valence-electron chi connectivity index (χ0n) is 12.8. The molecule has 1 aromatic heterocycles. The van der Waals surface area contributed by atoms with Crippen molar-refractivity contribution in [2.75, 3.05) is 13.2 Å². The number of ether oxygens (including phenoxy) is 1. The number of fused-ring (bicyclic) bond motifs is 1. The molecule has 122 valence electrons. The van der Waals surface area contributed by atoms with Crippen LogP contribution in [0.25, 0.3) is 0 Å². The molecule has 0 spiro atoms. The molecule has 5 nitrogen and oxygen atoms in total. The van der Waals surface area contributed by atoms with E-state index in [1.807, 2.05) is 6.07 Å². The second kappa shape index (κ2) is 5.76. The van der Waals surface area contributed by atoms with Crippen LogP contribution in [-0.2, 0) is 11.3 Å². The molecule has 0 bridgehead atoms. The number of alkyl halides is 2. The van der Waals surface area contributed by atoms with E-state index in [0.717, 1.165) is 0 Å². The molecule has 0 N–H and O–H groups in total. The van der Waals surface area contributed by atoms with Crippen LogP contribution in [-0.4, -0.2) is 35.4 Å². The van der Waals surface area contributed by atoms with Gasteiger partial charge in [-0.3, -0.25) is 9.78 Å². The Morgan fingerprint density at radius 2 is 2.26 bits per heavy atom. The van der Waals surface area contributed by atoms with Crippen molar-refractivity contribution in [1.29, 1.82) is 5.26 Å². The number of pyridine rings is 1. The maximum absolute atomic E-state index is 13.6. The van der Waals surface area contributed by atoms with E-state index in [4.69, 9.17) is 10.00 Å². The minimum absolute atomic E-state index is 0.131. The number of rotatable bonds is 3. The minimum Gasteiger partial charge on any atom is -0.490 e. The van der Waals surface area contributed by atoms with Gasteiger partial charge in [0.1, 0.15) is 29.4 Å². The predicted molar refractivity (Wildman–Crippen MR) is 76.7 cm³/mol. The molecule has 1 amide bonds. The predicted octanol–water partition coefficient (Wildman–Crippen LogP) is 2.36. The first kappa shape index (κ1) is 15.7. The summed E-state index contributed by atoms with van der Waals surface area (Å²) in [5.41, 5.74) is -0.789. The standard InChI is InChI=1S/C16H17F2N3O2/c1-16(14(17)18,12-2-3-12)15(22)21-4-5-23-13-10(6-19)7-20-8-11(13)9-21/h7-8,12,14H,2-5,9H2,1H3. The molecule has 0 aromatic carbocycles. The van der Waals surface area contributed by atoms with Crippen LogP contribution in [0, 0.1) is 22.7 Å². The molecule has 1 aliphatic carbocycles. The van der Waals surface area contributed by atoms with Crippen molar-refractivity contribution in [2.45, 2.75) is 32.7 Å². The fourth-order valence-corrected chi connectivity index (χ4v) is 3.04. The van der Waals surface area contributed by atoms with Gasteiger partial charge in [-0.15, -0.1) is 0 Å². The summed E-state index contributed by atoms with van der Waals surface area (Å²) >= 11 is 0. The summed E-state index contributed by atoms with van der Waals surface area (Å²) < 4.78 is 32.7. The number of halogens is 2. The molecule has 1 unspecified atom stereocenters. The lowest BCUT2D eigenvalue weighted by Crippen LogP contribution is -2.48. The normalized spacial score (nSPS) is 20.0. The number of hydrogen-bond acceptors (Lipinski definition) is 4. The van der Waals surface area contributed by atoms with E-state index in [-0.39, 0.29) is 31.2 Å². The van der Waals surface area contributed by atoms with Gasteiger partial charge in [0.2, 0.25) is 5.91 Å². The lowest BCUT2D eigenvalue weighted by Gasteiger charge is -2.33. The Hall–Kier alpha value is -2.23. The molecule has 1 saturated carbocycles. The summed E-state index contributed by atoms with van der Waals surface area (Å²) in [5, 5.41) is 9.09. The summed E-state index contributed by atoms with van der Waals surface area (Å²) in [6.45, 7) is 1.87. The summed E-state index contributed by atoms with van der Waals surface area (Å²) in [6.07, 6.45) is 1.53. The van der Waals surface area contributed by atoms with E-state index in [1.54, 1.807) is 0 Å². The Labute approximate surface area is 132 Å². The Kier molecular flexibility index (Phi) is 3.92. The third-order valence-corrected chi connectivity index (χ3v) is 4.69. The van der Waals surface area contributed by atoms with E-state index in [9.17, 15) is 13.6 Å². The lowest BCUT2D eigenvalue weighted by atomic mass is 9.83. The first-order valence-electron chi connectivity index (χ1n) is 7.55. The van der Waals surface area contributed by atoms with Gasteiger partial charge in [-0.05, 0) is 25.7 Å². The van der Waals surface area contributed by atoms with Crippen LogP contribution in [0.2, 0.25) is 0 Å². The van der Waals surface area contributed by atoms with E-state index in [1.165, 1.54) is 24.2 Å². The number of carbonyl (C=O) groups is 1. The van der Waals surface area contributed by atoms with Crippen molar-refractivity contribution < 1.29 is 18.3 Å². The minimum atomic E-state index is -2.70. The molecule has 0 radical (unpaired) electrons. The molecule has 3 rings (SSSR count). The second-order valence-corrected chi connectivity index (χ2v) is 6.22. The van der Waals surface area contributed by atoms with E-state index >= 15 is 0 Å². The van der Waals surface area contributed by atoms with E-state index in [0.29, 0.717) is 24.2 Å². The average Bonchev–Trinajstić information content (AvgIpc) is 3.38. The maximum atomic E-state index is 13.6. The molecule has 23 heavy (non-hydrogen) atoms. The van der Waals surface area contributed by atoms with Gasteiger partial charge < -0.3 is 9.64 Å². The van der Waals surface area contributed by atoms with Crippen molar-refractivity contribution in [3.8, 4) is 11.8 Å². The van der Waals surface area contributed by atoms with Crippen LogP contribution in [0.15, 0.2) is 12.4 Å². The third kappa shape index (κ3) is 2.62. The highest BCUT2D eigenvalue weighted by atomic mass is 19.3. The van der Waals surface area contributed by atoms with Crippen molar-refractivity contribution in [1.82, 2.24) is 9.88 Å².